The Kier molecular flexibility index (Phi) is 3.65. The molecule has 0 saturated carbocycles. The first-order valence-electron chi connectivity index (χ1n) is 4.43. The van der Waals surface area contributed by atoms with E-state index in [0.29, 0.717) is 4.90 Å². The molecule has 0 unspecified atom stereocenters. The van der Waals surface area contributed by atoms with Crippen LogP contribution in [0.2, 0.25) is 0 Å². The molecule has 0 bridgehead atoms. The first-order valence-corrected chi connectivity index (χ1v) is 4.43. The van der Waals surface area contributed by atoms with Crippen molar-refractivity contribution in [3.8, 4) is 0 Å². The molecular weight excluding hydrogens is 232 g/mol. The van der Waals surface area contributed by atoms with E-state index in [1.165, 1.54) is 0 Å². The van der Waals surface area contributed by atoms with Gasteiger partial charge < -0.3 is 20.8 Å². The standard InChI is InChI=1S/C8H10N4O5/c9-7-4(1-10-11-7)8(17)12(2-5(13)14)3-6(15)16/h1H,2-3H2,(H,13,14)(H,15,16)(H3,9,10,11). The Morgan fingerprint density at radius 3 is 2.18 bits per heavy atom. The predicted octanol–water partition coefficient (Wildman–Crippen LogP) is -1.40. The van der Waals surface area contributed by atoms with Gasteiger partial charge in [0.15, 0.2) is 0 Å². The van der Waals surface area contributed by atoms with Crippen LogP contribution in [0.1, 0.15) is 10.4 Å². The molecule has 0 aliphatic rings. The minimum Gasteiger partial charge on any atom is -0.480 e. The SMILES string of the molecule is Nc1[nH]ncc1C(=O)N(CC(=O)O)CC(=O)O. The van der Waals surface area contributed by atoms with Gasteiger partial charge in [0.05, 0.1) is 6.20 Å². The highest BCUT2D eigenvalue weighted by atomic mass is 16.4. The predicted molar refractivity (Wildman–Crippen MR) is 54.2 cm³/mol. The van der Waals surface area contributed by atoms with Crippen molar-refractivity contribution < 1.29 is 24.6 Å². The lowest BCUT2D eigenvalue weighted by Gasteiger charge is -2.17. The number of carbonyl (C=O) groups excluding carboxylic acids is 1. The molecule has 0 spiro atoms. The summed E-state index contributed by atoms with van der Waals surface area (Å²) in [6.07, 6.45) is 1.11. The molecule has 17 heavy (non-hydrogen) atoms. The van der Waals surface area contributed by atoms with Crippen molar-refractivity contribution in [2.75, 3.05) is 18.8 Å². The highest BCUT2D eigenvalue weighted by molar-refractivity contribution is 6.00. The van der Waals surface area contributed by atoms with Crippen LogP contribution in [0.5, 0.6) is 0 Å². The molecule has 1 rings (SSSR count). The van der Waals surface area contributed by atoms with Gasteiger partial charge in [-0.05, 0) is 0 Å². The molecule has 0 aliphatic heterocycles. The summed E-state index contributed by atoms with van der Waals surface area (Å²) in [5, 5.41) is 22.9. The van der Waals surface area contributed by atoms with Crippen LogP contribution in [-0.2, 0) is 9.59 Å². The number of anilines is 1. The number of aliphatic carboxylic acids is 2. The number of H-pyrrole nitrogens is 1. The van der Waals surface area contributed by atoms with E-state index in [4.69, 9.17) is 15.9 Å². The van der Waals surface area contributed by atoms with Crippen LogP contribution in [0, 0.1) is 0 Å². The third-order valence-electron chi connectivity index (χ3n) is 1.84. The normalized spacial score (nSPS) is 9.88. The number of hydrogen-bond donors (Lipinski definition) is 4. The Morgan fingerprint density at radius 1 is 1.29 bits per heavy atom. The number of aromatic amines is 1. The molecule has 0 atom stereocenters. The van der Waals surface area contributed by atoms with E-state index in [2.05, 4.69) is 10.2 Å². The molecule has 1 aromatic rings. The number of carbonyl (C=O) groups is 3. The number of carboxylic acid groups (broad SMARTS) is 2. The maximum atomic E-state index is 11.8. The highest BCUT2D eigenvalue weighted by Crippen LogP contribution is 2.09. The summed E-state index contributed by atoms with van der Waals surface area (Å²) >= 11 is 0. The van der Waals surface area contributed by atoms with Gasteiger partial charge in [0.1, 0.15) is 24.5 Å². The summed E-state index contributed by atoms with van der Waals surface area (Å²) in [7, 11) is 0. The summed E-state index contributed by atoms with van der Waals surface area (Å²) in [6, 6.07) is 0. The fraction of sp³-hybridized carbons (Fsp3) is 0.250. The lowest BCUT2D eigenvalue weighted by molar-refractivity contribution is -0.140. The van der Waals surface area contributed by atoms with Crippen LogP contribution in [0.4, 0.5) is 5.82 Å². The quantitative estimate of drug-likeness (QED) is 0.496. The zero-order chi connectivity index (χ0) is 13.0. The fourth-order valence-electron chi connectivity index (χ4n) is 1.16. The summed E-state index contributed by atoms with van der Waals surface area (Å²) in [5.74, 6) is -3.49. The Labute approximate surface area is 94.8 Å². The Morgan fingerprint density at radius 2 is 1.82 bits per heavy atom. The van der Waals surface area contributed by atoms with Crippen molar-refractivity contribution in [1.29, 1.82) is 0 Å². The molecule has 0 aromatic carbocycles. The number of amides is 1. The molecule has 1 aromatic heterocycles. The van der Waals surface area contributed by atoms with Crippen LogP contribution >= 0.6 is 0 Å². The fourth-order valence-corrected chi connectivity index (χ4v) is 1.16. The van der Waals surface area contributed by atoms with E-state index >= 15 is 0 Å². The van der Waals surface area contributed by atoms with Gasteiger partial charge in [0.2, 0.25) is 0 Å². The summed E-state index contributed by atoms with van der Waals surface area (Å²) in [6.45, 7) is -1.45. The lowest BCUT2D eigenvalue weighted by Crippen LogP contribution is -2.39. The first-order chi connectivity index (χ1) is 7.91. The van der Waals surface area contributed by atoms with Crippen LogP contribution < -0.4 is 5.73 Å². The van der Waals surface area contributed by atoms with Crippen molar-refractivity contribution in [3.05, 3.63) is 11.8 Å². The number of rotatable bonds is 5. The average Bonchev–Trinajstić information content (AvgIpc) is 2.61. The second-order valence-corrected chi connectivity index (χ2v) is 3.15. The molecule has 9 heteroatoms. The molecule has 0 aliphatic carbocycles. The molecule has 5 N–H and O–H groups in total. The second kappa shape index (κ2) is 4.96. The maximum absolute atomic E-state index is 11.8. The number of carboxylic acids is 2. The van der Waals surface area contributed by atoms with Crippen LogP contribution in [0.3, 0.4) is 0 Å². The Hall–Kier alpha value is -2.58. The van der Waals surface area contributed by atoms with Crippen molar-refractivity contribution in [1.82, 2.24) is 15.1 Å². The average molecular weight is 242 g/mol. The third kappa shape index (κ3) is 3.19. The molecule has 92 valence electrons. The van der Waals surface area contributed by atoms with Gasteiger partial charge in [-0.15, -0.1) is 0 Å². The second-order valence-electron chi connectivity index (χ2n) is 3.15. The largest absolute Gasteiger partial charge is 0.480 e. The van der Waals surface area contributed by atoms with Gasteiger partial charge in [-0.2, -0.15) is 5.10 Å². The van der Waals surface area contributed by atoms with Gasteiger partial charge in [0, 0.05) is 0 Å². The summed E-state index contributed by atoms with van der Waals surface area (Å²) in [5.41, 5.74) is 5.32. The lowest BCUT2D eigenvalue weighted by atomic mass is 10.2. The van der Waals surface area contributed by atoms with E-state index in [0.717, 1.165) is 6.20 Å². The van der Waals surface area contributed by atoms with Crippen molar-refractivity contribution in [2.45, 2.75) is 0 Å². The highest BCUT2D eigenvalue weighted by Gasteiger charge is 2.23. The monoisotopic (exact) mass is 242 g/mol. The number of hydrogen-bond acceptors (Lipinski definition) is 5. The topological polar surface area (TPSA) is 150 Å². The number of nitrogens with two attached hydrogens (primary N) is 1. The molecule has 0 fully saturated rings. The van der Waals surface area contributed by atoms with E-state index in [1.54, 1.807) is 0 Å². The molecule has 0 saturated heterocycles. The minimum absolute atomic E-state index is 0.0456. The number of nitrogen functional groups attached to an aromatic ring is 1. The van der Waals surface area contributed by atoms with Gasteiger partial charge in [-0.3, -0.25) is 19.5 Å². The van der Waals surface area contributed by atoms with Gasteiger partial charge in [0.25, 0.3) is 5.91 Å². The zero-order valence-electron chi connectivity index (χ0n) is 8.58. The third-order valence-corrected chi connectivity index (χ3v) is 1.84. The van der Waals surface area contributed by atoms with E-state index < -0.39 is 30.9 Å². The summed E-state index contributed by atoms with van der Waals surface area (Å²) < 4.78 is 0. The van der Waals surface area contributed by atoms with Crippen LogP contribution in [0.25, 0.3) is 0 Å². The van der Waals surface area contributed by atoms with E-state index in [1.807, 2.05) is 0 Å². The Balaban J connectivity index is 2.90. The van der Waals surface area contributed by atoms with E-state index in [9.17, 15) is 14.4 Å². The van der Waals surface area contributed by atoms with Crippen molar-refractivity contribution in [3.63, 3.8) is 0 Å². The summed E-state index contributed by atoms with van der Waals surface area (Å²) in [4.78, 5) is 33.4. The first kappa shape index (κ1) is 12.5. The Bertz CT molecular complexity index is 439. The van der Waals surface area contributed by atoms with Gasteiger partial charge in [-0.25, -0.2) is 0 Å². The van der Waals surface area contributed by atoms with Crippen molar-refractivity contribution >= 4 is 23.7 Å². The van der Waals surface area contributed by atoms with Crippen LogP contribution in [0.15, 0.2) is 6.20 Å². The molecule has 9 nitrogen and oxygen atoms in total. The maximum Gasteiger partial charge on any atom is 0.323 e. The molecular formula is C8H10N4O5. The number of aromatic nitrogens is 2. The van der Waals surface area contributed by atoms with Crippen LogP contribution in [-0.4, -0.2) is 56.2 Å². The van der Waals surface area contributed by atoms with Gasteiger partial charge >= 0.3 is 11.9 Å². The number of nitrogens with zero attached hydrogens (tertiary/aromatic N) is 2. The van der Waals surface area contributed by atoms with E-state index in [-0.39, 0.29) is 11.4 Å². The molecule has 0 radical (unpaired) electrons. The smallest absolute Gasteiger partial charge is 0.323 e. The van der Waals surface area contributed by atoms with Crippen molar-refractivity contribution in [2.24, 2.45) is 0 Å². The van der Waals surface area contributed by atoms with Gasteiger partial charge in [-0.1, -0.05) is 0 Å². The minimum atomic E-state index is -1.32. The zero-order valence-corrected chi connectivity index (χ0v) is 8.58. The number of nitrogens with one attached hydrogen (secondary N) is 1. The molecule has 1 amide bonds. The molecule has 1 heterocycles.